The van der Waals surface area contributed by atoms with Gasteiger partial charge in [-0.05, 0) is 24.6 Å². The molecule has 1 aromatic heterocycles. The number of carbonyl (C=O) groups is 1. The minimum Gasteiger partial charge on any atom is -0.368 e. The molecule has 1 amide bonds. The van der Waals surface area contributed by atoms with Gasteiger partial charge >= 0.3 is 0 Å². The fourth-order valence-electron chi connectivity index (χ4n) is 3.60. The van der Waals surface area contributed by atoms with Crippen molar-refractivity contribution >= 4 is 32.3 Å². The lowest BCUT2D eigenvalue weighted by atomic mass is 10.1. The van der Waals surface area contributed by atoms with Crippen molar-refractivity contribution in [2.24, 2.45) is 0 Å². The van der Waals surface area contributed by atoms with Crippen LogP contribution in [0, 0.1) is 11.3 Å². The number of rotatable bonds is 1. The molecule has 0 atom stereocenters. The molecule has 0 aliphatic carbocycles. The highest BCUT2D eigenvalue weighted by Crippen LogP contribution is 2.33. The molecule has 1 N–H and O–H groups in total. The number of benzene rings is 1. The van der Waals surface area contributed by atoms with Gasteiger partial charge in [0.25, 0.3) is 5.91 Å². The van der Waals surface area contributed by atoms with Crippen LogP contribution in [0.2, 0.25) is 0 Å². The van der Waals surface area contributed by atoms with E-state index in [1.165, 1.54) is 0 Å². The second-order valence-corrected chi connectivity index (χ2v) is 8.78. The monoisotopic (exact) mass is 358 g/mol. The largest absolute Gasteiger partial charge is 0.368 e. The maximum absolute atomic E-state index is 12.3. The molecule has 1 saturated heterocycles. The molecule has 4 rings (SSSR count). The van der Waals surface area contributed by atoms with E-state index in [-0.39, 0.29) is 17.4 Å². The van der Waals surface area contributed by atoms with Gasteiger partial charge in [-0.3, -0.25) is 4.79 Å². The van der Waals surface area contributed by atoms with Crippen molar-refractivity contribution in [3.8, 4) is 6.07 Å². The Kier molecular flexibility index (Phi) is 3.69. The van der Waals surface area contributed by atoms with E-state index in [4.69, 9.17) is 0 Å². The summed E-state index contributed by atoms with van der Waals surface area (Å²) < 4.78 is 25.5. The van der Waals surface area contributed by atoms with Gasteiger partial charge in [0.05, 0.1) is 34.3 Å². The van der Waals surface area contributed by atoms with Crippen molar-refractivity contribution < 1.29 is 13.2 Å². The van der Waals surface area contributed by atoms with Gasteiger partial charge in [0.15, 0.2) is 9.84 Å². The minimum atomic E-state index is -2.99. The van der Waals surface area contributed by atoms with Crippen LogP contribution in [0.25, 0.3) is 10.9 Å². The first kappa shape index (κ1) is 16.0. The number of nitrogens with zero attached hydrogens (tertiary/aromatic N) is 3. The maximum atomic E-state index is 12.3. The molecule has 1 fully saturated rings. The Morgan fingerprint density at radius 3 is 2.60 bits per heavy atom. The van der Waals surface area contributed by atoms with E-state index < -0.39 is 9.84 Å². The molecular weight excluding hydrogens is 340 g/mol. The lowest BCUT2D eigenvalue weighted by Gasteiger charge is -2.30. The Bertz CT molecular complexity index is 1000. The first-order valence-corrected chi connectivity index (χ1v) is 10.1. The third-order valence-electron chi connectivity index (χ3n) is 4.86. The molecule has 0 bridgehead atoms. The lowest BCUT2D eigenvalue weighted by Crippen LogP contribution is -2.40. The second-order valence-electron chi connectivity index (χ2n) is 6.47. The van der Waals surface area contributed by atoms with Crippen molar-refractivity contribution in [1.29, 1.82) is 5.26 Å². The summed E-state index contributed by atoms with van der Waals surface area (Å²) in [6, 6.07) is 7.57. The molecule has 2 aliphatic heterocycles. The van der Waals surface area contributed by atoms with E-state index in [2.05, 4.69) is 11.4 Å². The van der Waals surface area contributed by atoms with Gasteiger partial charge < -0.3 is 14.8 Å². The van der Waals surface area contributed by atoms with Gasteiger partial charge in [-0.1, -0.05) is 0 Å². The molecule has 2 aromatic rings. The van der Waals surface area contributed by atoms with Crippen LogP contribution >= 0.6 is 0 Å². The quantitative estimate of drug-likeness (QED) is 0.816. The Labute approximate surface area is 145 Å². The van der Waals surface area contributed by atoms with Crippen LogP contribution in [0.4, 0.5) is 5.69 Å². The fraction of sp³-hybridized carbons (Fsp3) is 0.412. The van der Waals surface area contributed by atoms with Gasteiger partial charge in [-0.15, -0.1) is 0 Å². The normalized spacial score (nSPS) is 19.8. The van der Waals surface area contributed by atoms with Gasteiger partial charge in [0, 0.05) is 31.6 Å². The van der Waals surface area contributed by atoms with E-state index in [1.54, 1.807) is 12.1 Å². The number of aromatic nitrogens is 1. The zero-order valence-electron chi connectivity index (χ0n) is 13.7. The molecule has 0 saturated carbocycles. The average Bonchev–Trinajstić information content (AvgIpc) is 2.87. The summed E-state index contributed by atoms with van der Waals surface area (Å²) in [7, 11) is -2.99. The van der Waals surface area contributed by atoms with E-state index in [0.717, 1.165) is 23.0 Å². The molecule has 25 heavy (non-hydrogen) atoms. The predicted octanol–water partition coefficient (Wildman–Crippen LogP) is 0.881. The molecular formula is C17H18N4O3S. The van der Waals surface area contributed by atoms with Crippen LogP contribution in [0.15, 0.2) is 18.2 Å². The van der Waals surface area contributed by atoms with Crippen molar-refractivity contribution in [3.63, 3.8) is 0 Å². The molecule has 8 heteroatoms. The summed E-state index contributed by atoms with van der Waals surface area (Å²) in [6.07, 6.45) is 0.830. The molecule has 2 aliphatic rings. The molecule has 0 spiro atoms. The molecule has 0 unspecified atom stereocenters. The summed E-state index contributed by atoms with van der Waals surface area (Å²) in [5, 5.41) is 13.1. The number of sulfone groups is 1. The fourth-order valence-corrected chi connectivity index (χ4v) is 4.80. The van der Waals surface area contributed by atoms with Crippen molar-refractivity contribution in [3.05, 3.63) is 29.5 Å². The Hall–Kier alpha value is -2.53. The lowest BCUT2D eigenvalue weighted by molar-refractivity contribution is 0.0951. The molecule has 1 aromatic carbocycles. The zero-order chi connectivity index (χ0) is 17.6. The van der Waals surface area contributed by atoms with Crippen molar-refractivity contribution in [2.45, 2.75) is 13.0 Å². The highest BCUT2D eigenvalue weighted by atomic mass is 32.2. The number of fused-ring (bicyclic) bond motifs is 3. The van der Waals surface area contributed by atoms with Crippen molar-refractivity contribution in [1.82, 2.24) is 9.88 Å². The third kappa shape index (κ3) is 2.74. The van der Waals surface area contributed by atoms with Crippen LogP contribution in [0.3, 0.4) is 0 Å². The summed E-state index contributed by atoms with van der Waals surface area (Å²) in [5.41, 5.74) is 2.85. The number of hydrogen-bond acceptors (Lipinski definition) is 5. The molecule has 0 radical (unpaired) electrons. The maximum Gasteiger partial charge on any atom is 0.267 e. The van der Waals surface area contributed by atoms with Crippen LogP contribution < -0.4 is 10.2 Å². The number of nitriles is 1. The van der Waals surface area contributed by atoms with Crippen LogP contribution in [-0.4, -0.2) is 50.0 Å². The molecule has 7 nitrogen and oxygen atoms in total. The van der Waals surface area contributed by atoms with E-state index in [1.807, 2.05) is 15.5 Å². The number of anilines is 1. The summed E-state index contributed by atoms with van der Waals surface area (Å²) >= 11 is 0. The smallest absolute Gasteiger partial charge is 0.267 e. The van der Waals surface area contributed by atoms with Gasteiger partial charge in [-0.2, -0.15) is 5.26 Å². The Morgan fingerprint density at radius 2 is 1.88 bits per heavy atom. The zero-order valence-corrected chi connectivity index (χ0v) is 14.5. The van der Waals surface area contributed by atoms with E-state index in [9.17, 15) is 18.5 Å². The first-order chi connectivity index (χ1) is 12.0. The van der Waals surface area contributed by atoms with Gasteiger partial charge in [0.2, 0.25) is 0 Å². The summed E-state index contributed by atoms with van der Waals surface area (Å²) in [6.45, 7) is 2.15. The van der Waals surface area contributed by atoms with Gasteiger partial charge in [-0.25, -0.2) is 8.42 Å². The SMILES string of the molecule is N#Cc1cc(N2CCS(=O)(=O)CC2)c2c(c1)cc1n2CCCNC1=O. The number of hydrogen-bond donors (Lipinski definition) is 1. The summed E-state index contributed by atoms with van der Waals surface area (Å²) in [5.74, 6) is 0.109. The predicted molar refractivity (Wildman–Crippen MR) is 94.5 cm³/mol. The number of amides is 1. The number of aryl methyl sites for hydroxylation is 1. The standard InChI is InChI=1S/C17H18N4O3S/c18-11-12-8-13-10-15-17(22)19-2-1-3-21(15)16(13)14(9-12)20-4-6-25(23,24)7-5-20/h8-10H,1-7H2,(H,19,22). The minimum absolute atomic E-state index is 0.110. The van der Waals surface area contributed by atoms with Crippen LogP contribution in [0.5, 0.6) is 0 Å². The molecule has 3 heterocycles. The molecule has 130 valence electrons. The Balaban J connectivity index is 1.90. The third-order valence-corrected chi connectivity index (χ3v) is 6.47. The van der Waals surface area contributed by atoms with Crippen molar-refractivity contribution in [2.75, 3.05) is 36.0 Å². The first-order valence-electron chi connectivity index (χ1n) is 8.29. The number of carbonyl (C=O) groups excluding carboxylic acids is 1. The topological polar surface area (TPSA) is 95.2 Å². The highest BCUT2D eigenvalue weighted by Gasteiger charge is 2.26. The average molecular weight is 358 g/mol. The summed E-state index contributed by atoms with van der Waals surface area (Å²) in [4.78, 5) is 14.3. The highest BCUT2D eigenvalue weighted by molar-refractivity contribution is 7.91. The second kappa shape index (κ2) is 5.77. The van der Waals surface area contributed by atoms with E-state index in [0.29, 0.717) is 37.4 Å². The Morgan fingerprint density at radius 1 is 1.12 bits per heavy atom. The van der Waals surface area contributed by atoms with Gasteiger partial charge in [0.1, 0.15) is 5.69 Å². The van der Waals surface area contributed by atoms with Crippen LogP contribution in [-0.2, 0) is 16.4 Å². The van der Waals surface area contributed by atoms with E-state index >= 15 is 0 Å². The number of nitrogens with one attached hydrogen (secondary N) is 1. The van der Waals surface area contributed by atoms with Crippen LogP contribution in [0.1, 0.15) is 22.5 Å².